The van der Waals surface area contributed by atoms with Crippen LogP contribution in [-0.4, -0.2) is 22.4 Å². The molecule has 2 heterocycles. The fourth-order valence-electron chi connectivity index (χ4n) is 3.96. The number of urea groups is 1. The van der Waals surface area contributed by atoms with Gasteiger partial charge in [0, 0.05) is 17.1 Å². The average molecular weight is 466 g/mol. The summed E-state index contributed by atoms with van der Waals surface area (Å²) in [6.45, 7) is 7.35. The van der Waals surface area contributed by atoms with Crippen LogP contribution >= 0.6 is 11.6 Å². The molecule has 0 atom stereocenters. The van der Waals surface area contributed by atoms with Gasteiger partial charge in [-0.05, 0) is 80.8 Å². The molecule has 0 radical (unpaired) electrons. The van der Waals surface area contributed by atoms with E-state index < -0.39 is 23.7 Å². The molecule has 168 valence electrons. The molecule has 4 amide bonds. The molecule has 0 spiro atoms. The molecule has 1 aliphatic heterocycles. The Bertz CT molecular complexity index is 1370. The number of hydrogen-bond acceptors (Lipinski definition) is 3. The summed E-state index contributed by atoms with van der Waals surface area (Å²) in [6.07, 6.45) is 1.46. The Morgan fingerprint density at radius 2 is 1.73 bits per heavy atom. The molecule has 33 heavy (non-hydrogen) atoms. The van der Waals surface area contributed by atoms with Gasteiger partial charge >= 0.3 is 6.03 Å². The Balaban J connectivity index is 1.79. The highest BCUT2D eigenvalue weighted by atomic mass is 35.5. The van der Waals surface area contributed by atoms with Gasteiger partial charge in [0.15, 0.2) is 0 Å². The molecular weight excluding hydrogens is 445 g/mol. The van der Waals surface area contributed by atoms with Crippen molar-refractivity contribution >= 4 is 41.2 Å². The maximum atomic E-state index is 13.6. The highest BCUT2D eigenvalue weighted by Crippen LogP contribution is 2.29. The van der Waals surface area contributed by atoms with E-state index in [1.165, 1.54) is 18.2 Å². The van der Waals surface area contributed by atoms with Gasteiger partial charge in [-0.3, -0.25) is 14.9 Å². The number of anilines is 1. The molecule has 1 N–H and O–H groups in total. The van der Waals surface area contributed by atoms with E-state index in [0.29, 0.717) is 16.9 Å². The number of hydrogen-bond donors (Lipinski definition) is 1. The Kier molecular flexibility index (Phi) is 5.68. The number of imide groups is 2. The maximum absolute atomic E-state index is 13.6. The smallest absolute Gasteiger partial charge is 0.318 e. The van der Waals surface area contributed by atoms with Gasteiger partial charge in [-0.1, -0.05) is 23.7 Å². The van der Waals surface area contributed by atoms with Crippen LogP contribution in [0.15, 0.2) is 48.0 Å². The summed E-state index contributed by atoms with van der Waals surface area (Å²) in [5.74, 6) is -1.99. The number of carbonyl (C=O) groups is 3. The van der Waals surface area contributed by atoms with E-state index >= 15 is 0 Å². The zero-order valence-corrected chi connectivity index (χ0v) is 19.2. The molecule has 4 rings (SSSR count). The van der Waals surface area contributed by atoms with Gasteiger partial charge in [0.2, 0.25) is 0 Å². The van der Waals surface area contributed by atoms with Gasteiger partial charge < -0.3 is 4.57 Å². The summed E-state index contributed by atoms with van der Waals surface area (Å²) in [5, 5.41) is 2.24. The van der Waals surface area contributed by atoms with Gasteiger partial charge in [0.05, 0.1) is 10.7 Å². The molecule has 0 saturated carbocycles. The monoisotopic (exact) mass is 465 g/mol. The molecule has 1 fully saturated rings. The molecule has 1 aliphatic rings. The first-order chi connectivity index (χ1) is 15.6. The Morgan fingerprint density at radius 1 is 1.00 bits per heavy atom. The van der Waals surface area contributed by atoms with Crippen LogP contribution < -0.4 is 10.2 Å². The molecule has 0 unspecified atom stereocenters. The SMILES string of the molecule is Cc1cccc(N2C(=O)NC(=O)/C(=C\c3cc(C)n(-c4ccc(F)c(Cl)c4)c3C)C2=O)c1C. The van der Waals surface area contributed by atoms with Crippen molar-refractivity contribution in [3.63, 3.8) is 0 Å². The number of carbonyl (C=O) groups excluding carboxylic acids is 3. The van der Waals surface area contributed by atoms with E-state index in [1.807, 2.05) is 38.3 Å². The fourth-order valence-corrected chi connectivity index (χ4v) is 4.14. The second-order valence-electron chi connectivity index (χ2n) is 7.94. The summed E-state index contributed by atoms with van der Waals surface area (Å²) in [6, 6.07) is 10.7. The van der Waals surface area contributed by atoms with Crippen molar-refractivity contribution in [3.05, 3.63) is 87.0 Å². The van der Waals surface area contributed by atoms with Gasteiger partial charge in [0.25, 0.3) is 11.8 Å². The van der Waals surface area contributed by atoms with Crippen LogP contribution in [0.2, 0.25) is 5.02 Å². The number of halogens is 2. The lowest BCUT2D eigenvalue weighted by Gasteiger charge is -2.28. The number of nitrogens with zero attached hydrogens (tertiary/aromatic N) is 2. The lowest BCUT2D eigenvalue weighted by molar-refractivity contribution is -0.122. The van der Waals surface area contributed by atoms with Crippen molar-refractivity contribution < 1.29 is 18.8 Å². The number of nitrogens with one attached hydrogen (secondary N) is 1. The van der Waals surface area contributed by atoms with Crippen molar-refractivity contribution in [2.75, 3.05) is 4.90 Å². The van der Waals surface area contributed by atoms with E-state index in [9.17, 15) is 18.8 Å². The molecule has 8 heteroatoms. The molecule has 0 bridgehead atoms. The van der Waals surface area contributed by atoms with E-state index in [-0.39, 0.29) is 10.6 Å². The molecule has 1 aromatic heterocycles. The number of barbiturate groups is 1. The zero-order chi connectivity index (χ0) is 24.0. The van der Waals surface area contributed by atoms with Gasteiger partial charge in [-0.15, -0.1) is 0 Å². The number of aryl methyl sites for hydroxylation is 2. The fraction of sp³-hybridized carbons (Fsp3) is 0.160. The van der Waals surface area contributed by atoms with Crippen LogP contribution in [0.4, 0.5) is 14.9 Å². The molecular formula is C25H21ClFN3O3. The largest absolute Gasteiger partial charge is 0.335 e. The van der Waals surface area contributed by atoms with Crippen LogP contribution in [0.1, 0.15) is 28.1 Å². The first-order valence-electron chi connectivity index (χ1n) is 10.2. The lowest BCUT2D eigenvalue weighted by Crippen LogP contribution is -2.54. The third-order valence-electron chi connectivity index (χ3n) is 5.85. The van der Waals surface area contributed by atoms with Gasteiger partial charge in [0.1, 0.15) is 11.4 Å². The molecule has 6 nitrogen and oxygen atoms in total. The number of aromatic nitrogens is 1. The first kappa shape index (κ1) is 22.5. The average Bonchev–Trinajstić information content (AvgIpc) is 3.03. The van der Waals surface area contributed by atoms with Gasteiger partial charge in [-0.25, -0.2) is 14.1 Å². The second kappa shape index (κ2) is 8.33. The predicted molar refractivity (Wildman–Crippen MR) is 125 cm³/mol. The highest BCUT2D eigenvalue weighted by Gasteiger charge is 2.37. The predicted octanol–water partition coefficient (Wildman–Crippen LogP) is 5.17. The summed E-state index contributed by atoms with van der Waals surface area (Å²) >= 11 is 5.95. The van der Waals surface area contributed by atoms with E-state index in [4.69, 9.17) is 11.6 Å². The molecule has 2 aromatic carbocycles. The summed E-state index contributed by atoms with van der Waals surface area (Å²) in [7, 11) is 0. The van der Waals surface area contributed by atoms with Crippen LogP contribution in [0.3, 0.4) is 0 Å². The third kappa shape index (κ3) is 3.85. The molecule has 0 aliphatic carbocycles. The Morgan fingerprint density at radius 3 is 2.42 bits per heavy atom. The van der Waals surface area contributed by atoms with Crippen LogP contribution in [0.5, 0.6) is 0 Å². The minimum absolute atomic E-state index is 0.00980. The quantitative estimate of drug-likeness (QED) is 0.428. The van der Waals surface area contributed by atoms with Crippen molar-refractivity contribution in [2.24, 2.45) is 0 Å². The van der Waals surface area contributed by atoms with Gasteiger partial charge in [-0.2, -0.15) is 0 Å². The van der Waals surface area contributed by atoms with Crippen molar-refractivity contribution in [3.8, 4) is 5.69 Å². The van der Waals surface area contributed by atoms with Crippen molar-refractivity contribution in [2.45, 2.75) is 27.7 Å². The number of rotatable bonds is 3. The minimum Gasteiger partial charge on any atom is -0.318 e. The van der Waals surface area contributed by atoms with Crippen molar-refractivity contribution in [1.29, 1.82) is 0 Å². The zero-order valence-electron chi connectivity index (χ0n) is 18.5. The summed E-state index contributed by atoms with van der Waals surface area (Å²) in [4.78, 5) is 39.4. The number of benzene rings is 2. The Labute approximate surface area is 195 Å². The van der Waals surface area contributed by atoms with E-state index in [2.05, 4.69) is 5.32 Å². The normalized spacial score (nSPS) is 15.4. The Hall–Kier alpha value is -3.71. The van der Waals surface area contributed by atoms with Crippen LogP contribution in [-0.2, 0) is 9.59 Å². The lowest BCUT2D eigenvalue weighted by atomic mass is 10.0. The summed E-state index contributed by atoms with van der Waals surface area (Å²) < 4.78 is 15.5. The van der Waals surface area contributed by atoms with Crippen LogP contribution in [0, 0.1) is 33.5 Å². The third-order valence-corrected chi connectivity index (χ3v) is 6.14. The standard InChI is InChI=1S/C25H21ClFN3O3/c1-13-6-5-7-22(15(13)3)30-24(32)19(23(31)28-25(30)33)11-17-10-14(2)29(16(17)4)18-8-9-21(27)20(26)12-18/h5-12H,1-4H3,(H,28,31,33)/b19-11+. The van der Waals surface area contributed by atoms with Crippen molar-refractivity contribution in [1.82, 2.24) is 9.88 Å². The van der Waals surface area contributed by atoms with E-state index in [1.54, 1.807) is 24.3 Å². The second-order valence-corrected chi connectivity index (χ2v) is 8.34. The first-order valence-corrected chi connectivity index (χ1v) is 10.6. The molecule has 1 saturated heterocycles. The maximum Gasteiger partial charge on any atom is 0.335 e. The minimum atomic E-state index is -0.790. The topological polar surface area (TPSA) is 71.4 Å². The highest BCUT2D eigenvalue weighted by molar-refractivity contribution is 6.39. The summed E-state index contributed by atoms with van der Waals surface area (Å²) in [5.41, 5.74) is 4.72. The van der Waals surface area contributed by atoms with Crippen LogP contribution in [0.25, 0.3) is 11.8 Å². The molecule has 3 aromatic rings. The number of amides is 4. The van der Waals surface area contributed by atoms with E-state index in [0.717, 1.165) is 27.4 Å².